The first-order valence-corrected chi connectivity index (χ1v) is 17.1. The van der Waals surface area contributed by atoms with Crippen LogP contribution in [0.5, 0.6) is 0 Å². The van der Waals surface area contributed by atoms with Crippen molar-refractivity contribution < 1.29 is 0 Å². The fourth-order valence-electron chi connectivity index (χ4n) is 7.18. The first-order valence-electron chi connectivity index (χ1n) is 17.1. The van der Waals surface area contributed by atoms with Gasteiger partial charge in [0.25, 0.3) is 0 Å². The Hall–Kier alpha value is -5.62. The Morgan fingerprint density at radius 2 is 1.27 bits per heavy atom. The smallest absolute Gasteiger partial charge is 0.0641 e. The maximum Gasteiger partial charge on any atom is 0.0641 e. The topological polar surface area (TPSA) is 62.0 Å². The Bertz CT molecular complexity index is 2430. The lowest BCUT2D eigenvalue weighted by Crippen LogP contribution is -2.28. The molecule has 0 saturated heterocycles. The summed E-state index contributed by atoms with van der Waals surface area (Å²) < 4.78 is 4.70. The van der Waals surface area contributed by atoms with Crippen LogP contribution in [0.1, 0.15) is 48.6 Å². The van der Waals surface area contributed by atoms with E-state index in [1.165, 1.54) is 38.3 Å². The zero-order valence-corrected chi connectivity index (χ0v) is 28.0. The van der Waals surface area contributed by atoms with Crippen LogP contribution in [-0.2, 0) is 12.8 Å². The van der Waals surface area contributed by atoms with Crippen LogP contribution < -0.4 is 11.1 Å². The third kappa shape index (κ3) is 5.38. The van der Waals surface area contributed by atoms with Gasteiger partial charge in [0, 0.05) is 44.7 Å². The third-order valence-electron chi connectivity index (χ3n) is 9.81. The Balaban J connectivity index is 1.36. The first-order chi connectivity index (χ1) is 24.1. The highest BCUT2D eigenvalue weighted by Crippen LogP contribution is 2.43. The highest BCUT2D eigenvalue weighted by molar-refractivity contribution is 6.25. The lowest BCUT2D eigenvalue weighted by atomic mass is 10.1. The van der Waals surface area contributed by atoms with Crippen molar-refractivity contribution in [3.63, 3.8) is 0 Å². The minimum atomic E-state index is -0.561. The van der Waals surface area contributed by atoms with Crippen LogP contribution in [0, 0.1) is 0 Å². The molecule has 0 fully saturated rings. The predicted octanol–water partition coefficient (Wildman–Crippen LogP) is 10.8. The molecule has 0 aliphatic rings. The molecule has 0 bridgehead atoms. The minimum absolute atomic E-state index is 0.548. The van der Waals surface area contributed by atoms with Gasteiger partial charge in [0.15, 0.2) is 0 Å². The van der Waals surface area contributed by atoms with Crippen molar-refractivity contribution in [1.82, 2.24) is 14.5 Å². The normalized spacial score (nSPS) is 13.0. The summed E-state index contributed by atoms with van der Waals surface area (Å²) in [5.41, 5.74) is 17.9. The second-order valence-corrected chi connectivity index (χ2v) is 12.7. The van der Waals surface area contributed by atoms with E-state index in [0.29, 0.717) is 0 Å². The van der Waals surface area contributed by atoms with Gasteiger partial charge in [0.05, 0.1) is 16.6 Å². The van der Waals surface area contributed by atoms with Gasteiger partial charge in [0.1, 0.15) is 0 Å². The molecule has 2 unspecified atom stereocenters. The van der Waals surface area contributed by atoms with Crippen molar-refractivity contribution in [1.29, 1.82) is 0 Å². The molecule has 5 nitrogen and oxygen atoms in total. The lowest BCUT2D eigenvalue weighted by molar-refractivity contribution is 0.528. The number of benzene rings is 6. The molecule has 2 heterocycles. The van der Waals surface area contributed by atoms with E-state index >= 15 is 0 Å². The molecule has 3 N–H and O–H groups in total. The van der Waals surface area contributed by atoms with Gasteiger partial charge in [-0.25, -0.2) is 0 Å². The van der Waals surface area contributed by atoms with Crippen LogP contribution in [0.4, 0.5) is 0 Å². The van der Waals surface area contributed by atoms with Crippen molar-refractivity contribution >= 4 is 49.3 Å². The number of nitrogens with one attached hydrogen (secondary N) is 1. The Kier molecular flexibility index (Phi) is 8.00. The molecule has 8 aromatic rings. The van der Waals surface area contributed by atoms with Crippen molar-refractivity contribution in [2.45, 2.75) is 39.1 Å². The summed E-state index contributed by atoms with van der Waals surface area (Å²) in [6.45, 7) is 8.83. The summed E-state index contributed by atoms with van der Waals surface area (Å²) >= 11 is 0. The van der Waals surface area contributed by atoms with E-state index in [4.69, 9.17) is 11.1 Å². The monoisotopic (exact) mass is 638 g/mol. The largest absolute Gasteiger partial charge is 0.606 e. The average Bonchev–Trinajstić information content (AvgIpc) is 3.68. The number of aryl methyl sites for hydroxylation is 2. The van der Waals surface area contributed by atoms with Crippen LogP contribution in [0.25, 0.3) is 60.3 Å². The van der Waals surface area contributed by atoms with Gasteiger partial charge in [-0.15, -0.1) is 0 Å². The molecule has 0 aliphatic carbocycles. The van der Waals surface area contributed by atoms with Crippen LogP contribution in [0.3, 0.4) is 0 Å². The number of hydrogen-bond donors (Lipinski definition) is 2. The van der Waals surface area contributed by atoms with Crippen molar-refractivity contribution in [3.8, 4) is 5.69 Å². The summed E-state index contributed by atoms with van der Waals surface area (Å²) in [5, 5.41) is 13.8. The molecule has 0 spiro atoms. The standard InChI is InChI=1S/C44H40N5/c1-4-30-19-23-32(24-20-30)29(3)46-44(47-43(45)33-25-21-31(5-2)22-26-33)49-39-18-12-10-16-37(39)41-40(49)28-27-36-35-15-9-11-17-38(35)48(42(36)41)34-13-7-6-8-14-34/h6-28,43-44,46H,3-5,45H2,1-2H3/q-1. The zero-order valence-electron chi connectivity index (χ0n) is 28.0. The highest BCUT2D eigenvalue weighted by atomic mass is 15.3. The van der Waals surface area contributed by atoms with Crippen LogP contribution in [0.15, 0.2) is 146 Å². The maximum absolute atomic E-state index is 6.92. The maximum atomic E-state index is 6.92. The van der Waals surface area contributed by atoms with E-state index < -0.39 is 12.5 Å². The highest BCUT2D eigenvalue weighted by Gasteiger charge is 2.21. The number of nitrogens with two attached hydrogens (primary N) is 1. The number of nitrogens with zero attached hydrogens (tertiary/aromatic N) is 3. The van der Waals surface area contributed by atoms with Gasteiger partial charge in [-0.05, 0) is 59.9 Å². The fraction of sp³-hybridized carbons (Fsp3) is 0.136. The van der Waals surface area contributed by atoms with Gasteiger partial charge in [-0.2, -0.15) is 0 Å². The molecular formula is C44H40N5-. The molecule has 8 rings (SSSR count). The van der Waals surface area contributed by atoms with Crippen LogP contribution >= 0.6 is 0 Å². The molecular weight excluding hydrogens is 599 g/mol. The van der Waals surface area contributed by atoms with E-state index in [2.05, 4.69) is 174 Å². The number of rotatable bonds is 10. The van der Waals surface area contributed by atoms with Gasteiger partial charge >= 0.3 is 0 Å². The van der Waals surface area contributed by atoms with E-state index in [9.17, 15) is 0 Å². The summed E-state index contributed by atoms with van der Waals surface area (Å²) in [5.74, 6) is 0. The summed E-state index contributed by atoms with van der Waals surface area (Å²) in [6.07, 6.45) is 0.852. The number of fused-ring (bicyclic) bond motifs is 7. The molecule has 242 valence electrons. The third-order valence-corrected chi connectivity index (χ3v) is 9.81. The number of aromatic nitrogens is 2. The minimum Gasteiger partial charge on any atom is -0.606 e. The van der Waals surface area contributed by atoms with E-state index in [1.807, 2.05) is 0 Å². The molecule has 0 aliphatic heterocycles. The molecule has 0 radical (unpaired) electrons. The van der Waals surface area contributed by atoms with E-state index in [-0.39, 0.29) is 0 Å². The zero-order chi connectivity index (χ0) is 33.5. The molecule has 2 aromatic heterocycles. The van der Waals surface area contributed by atoms with Crippen molar-refractivity contribution in [2.75, 3.05) is 0 Å². The molecule has 49 heavy (non-hydrogen) atoms. The summed E-state index contributed by atoms with van der Waals surface area (Å²) in [4.78, 5) is 0. The quantitative estimate of drug-likeness (QED) is 0.157. The van der Waals surface area contributed by atoms with Crippen LogP contribution in [-0.4, -0.2) is 9.13 Å². The molecule has 0 amide bonds. The average molecular weight is 639 g/mol. The van der Waals surface area contributed by atoms with Gasteiger partial charge in [-0.1, -0.05) is 141 Å². The predicted molar refractivity (Wildman–Crippen MR) is 207 cm³/mol. The second kappa shape index (κ2) is 12.8. The Labute approximate surface area is 287 Å². The first kappa shape index (κ1) is 30.7. The number of hydrogen-bond acceptors (Lipinski definition) is 2. The van der Waals surface area contributed by atoms with Crippen LogP contribution in [0.2, 0.25) is 0 Å². The number of para-hydroxylation sites is 3. The molecule has 6 aromatic carbocycles. The van der Waals surface area contributed by atoms with Gasteiger partial charge in [0.2, 0.25) is 0 Å². The Morgan fingerprint density at radius 3 is 1.96 bits per heavy atom. The molecule has 2 atom stereocenters. The van der Waals surface area contributed by atoms with E-state index in [0.717, 1.165) is 51.8 Å². The summed E-state index contributed by atoms with van der Waals surface area (Å²) in [6, 6.07) is 49.5. The fourth-order valence-corrected chi connectivity index (χ4v) is 7.18. The SMILES string of the molecule is C=C(NC([N-]C(N)c1ccc(CC)cc1)n1c2ccccc2c2c3c(ccc21)c1ccccc1n3-c1ccccc1)c1ccc(CC)cc1. The molecule has 0 saturated carbocycles. The summed E-state index contributed by atoms with van der Waals surface area (Å²) in [7, 11) is 0. The Morgan fingerprint density at radius 1 is 0.653 bits per heavy atom. The lowest BCUT2D eigenvalue weighted by Gasteiger charge is -2.41. The van der Waals surface area contributed by atoms with Crippen molar-refractivity contribution in [2.24, 2.45) is 5.73 Å². The van der Waals surface area contributed by atoms with Crippen molar-refractivity contribution in [3.05, 3.63) is 174 Å². The van der Waals surface area contributed by atoms with E-state index in [1.54, 1.807) is 0 Å². The van der Waals surface area contributed by atoms with Gasteiger partial charge in [-0.3, -0.25) is 0 Å². The molecule has 5 heteroatoms. The second-order valence-electron chi connectivity index (χ2n) is 12.7. The van der Waals surface area contributed by atoms with Gasteiger partial charge < -0.3 is 25.5 Å².